The number of carbonyl (C=O) groups excluding carboxylic acids is 1. The number of piperidine rings is 1. The van der Waals surface area contributed by atoms with Gasteiger partial charge >= 0.3 is 18.2 Å². The van der Waals surface area contributed by atoms with Crippen LogP contribution in [0.25, 0.3) is 22.2 Å². The van der Waals surface area contributed by atoms with E-state index in [1.807, 2.05) is 20.8 Å². The number of carbonyl (C=O) groups is 2. The fourth-order valence-corrected chi connectivity index (χ4v) is 7.33. The highest BCUT2D eigenvalue weighted by molar-refractivity contribution is 7.70. The van der Waals surface area contributed by atoms with Crippen LogP contribution < -0.4 is 15.9 Å². The van der Waals surface area contributed by atoms with E-state index in [-0.39, 0.29) is 45.0 Å². The van der Waals surface area contributed by atoms with Gasteiger partial charge in [0.25, 0.3) is 0 Å². The molecule has 0 unspecified atom stereocenters. The van der Waals surface area contributed by atoms with Crippen LogP contribution in [-0.4, -0.2) is 88.2 Å². The second kappa shape index (κ2) is 14.6. The van der Waals surface area contributed by atoms with Crippen LogP contribution in [0, 0.1) is 0 Å². The number of carboxylic acids is 1. The summed E-state index contributed by atoms with van der Waals surface area (Å²) in [6, 6.07) is 2.61. The molecule has 2 aromatic heterocycles. The van der Waals surface area contributed by atoms with E-state index in [1.54, 1.807) is 0 Å². The van der Waals surface area contributed by atoms with E-state index in [0.29, 0.717) is 13.1 Å². The zero-order valence-corrected chi connectivity index (χ0v) is 28.4. The summed E-state index contributed by atoms with van der Waals surface area (Å²) < 4.78 is 60.8. The molecule has 0 bridgehead atoms. The summed E-state index contributed by atoms with van der Waals surface area (Å²) >= 11 is 0. The summed E-state index contributed by atoms with van der Waals surface area (Å²) in [6.07, 6.45) is 2.46. The van der Waals surface area contributed by atoms with Gasteiger partial charge < -0.3 is 34.9 Å². The first kappa shape index (κ1) is 36.2. The fraction of sp³-hybridized carbons (Fsp3) is 0.562. The lowest BCUT2D eigenvalue weighted by Crippen LogP contribution is -2.42. The number of benzene rings is 1. The molecule has 1 aliphatic heterocycles. The van der Waals surface area contributed by atoms with Crippen LogP contribution in [0.2, 0.25) is 0 Å². The Balaban J connectivity index is 1.42. The SMILES string of the molecule is CC(C)(C)OC(=O)NCCCCCCN1CCC[C@H](Nc2ncc(C(F)(F)F)c(-c3c[nH]c4c(P(C)(C)=O)c(C(=O)O)ccc34)n2)C1. The molecule has 1 atom stereocenters. The number of rotatable bonds is 12. The van der Waals surface area contributed by atoms with Gasteiger partial charge in [-0.15, -0.1) is 0 Å². The topological polar surface area (TPSA) is 150 Å². The number of amides is 1. The van der Waals surface area contributed by atoms with Crippen LogP contribution >= 0.6 is 7.14 Å². The van der Waals surface area contributed by atoms with Crippen molar-refractivity contribution in [3.8, 4) is 11.3 Å². The molecule has 0 spiro atoms. The Bertz CT molecular complexity index is 1630. The van der Waals surface area contributed by atoms with Crippen molar-refractivity contribution in [2.24, 2.45) is 0 Å². The van der Waals surface area contributed by atoms with Crippen LogP contribution in [0.15, 0.2) is 24.5 Å². The highest BCUT2D eigenvalue weighted by atomic mass is 31.2. The van der Waals surface area contributed by atoms with E-state index in [0.717, 1.165) is 57.8 Å². The smallest absolute Gasteiger partial charge is 0.419 e. The number of aromatic amines is 1. The van der Waals surface area contributed by atoms with Crippen LogP contribution in [0.5, 0.6) is 0 Å². The molecule has 1 amide bonds. The molecule has 1 aromatic carbocycles. The van der Waals surface area contributed by atoms with Crippen LogP contribution in [0.1, 0.15) is 75.2 Å². The number of anilines is 1. The first-order valence-electron chi connectivity index (χ1n) is 15.8. The van der Waals surface area contributed by atoms with E-state index in [4.69, 9.17) is 4.74 Å². The Morgan fingerprint density at radius 1 is 1.15 bits per heavy atom. The largest absolute Gasteiger partial charge is 0.478 e. The van der Waals surface area contributed by atoms with Gasteiger partial charge in [-0.25, -0.2) is 19.6 Å². The molecule has 47 heavy (non-hydrogen) atoms. The predicted molar refractivity (Wildman–Crippen MR) is 176 cm³/mol. The number of alkyl halides is 3. The van der Waals surface area contributed by atoms with Gasteiger partial charge in [-0.05, 0) is 78.9 Å². The van der Waals surface area contributed by atoms with Crippen molar-refractivity contribution in [1.82, 2.24) is 25.2 Å². The van der Waals surface area contributed by atoms with Crippen molar-refractivity contribution in [3.05, 3.63) is 35.7 Å². The number of hydrogen-bond donors (Lipinski definition) is 4. The molecule has 3 aromatic rings. The molecule has 3 heterocycles. The summed E-state index contributed by atoms with van der Waals surface area (Å²) in [7, 11) is -3.15. The molecule has 15 heteroatoms. The number of carboxylic acid groups (broad SMARTS) is 1. The minimum Gasteiger partial charge on any atom is -0.478 e. The molecule has 0 aliphatic carbocycles. The third-order valence-corrected chi connectivity index (χ3v) is 9.40. The fourth-order valence-electron chi connectivity index (χ4n) is 5.85. The molecule has 0 saturated carbocycles. The second-order valence-corrected chi connectivity index (χ2v) is 16.5. The summed E-state index contributed by atoms with van der Waals surface area (Å²) in [5.74, 6) is -1.22. The molecule has 1 saturated heterocycles. The lowest BCUT2D eigenvalue weighted by atomic mass is 10.0. The Morgan fingerprint density at radius 2 is 1.87 bits per heavy atom. The highest BCUT2D eigenvalue weighted by Crippen LogP contribution is 2.43. The standard InChI is InChI=1S/C32H44F3N6O5P/c1-31(2,3)46-30(44)36-14-8-6-7-9-15-41-16-10-11-20(19-41)39-29-38-18-24(32(33,34)35)25(40-29)23-17-37-26-21(23)12-13-22(28(42)43)27(26)47(4,5)45/h12-13,17-18,20,37H,6-11,14-16,19H2,1-5H3,(H,36,44)(H,42,43)(H,38,39,40)/t20-/m0/s1. The quantitative estimate of drug-likeness (QED) is 0.123. The summed E-state index contributed by atoms with van der Waals surface area (Å²) in [4.78, 5) is 37.2. The van der Waals surface area contributed by atoms with Crippen LogP contribution in [-0.2, 0) is 15.5 Å². The molecule has 4 rings (SSSR count). The number of halogens is 3. The highest BCUT2D eigenvalue weighted by Gasteiger charge is 2.37. The average molecular weight is 681 g/mol. The van der Waals surface area contributed by atoms with Gasteiger partial charge in [0, 0.05) is 47.8 Å². The number of fused-ring (bicyclic) bond motifs is 1. The predicted octanol–water partition coefficient (Wildman–Crippen LogP) is 6.55. The number of unbranched alkanes of at least 4 members (excludes halogenated alkanes) is 3. The van der Waals surface area contributed by atoms with E-state index in [2.05, 4.69) is 30.5 Å². The normalized spacial score (nSPS) is 16.3. The zero-order chi connectivity index (χ0) is 34.6. The molecule has 4 N–H and O–H groups in total. The monoisotopic (exact) mass is 680 g/mol. The third-order valence-electron chi connectivity index (χ3n) is 7.86. The summed E-state index contributed by atoms with van der Waals surface area (Å²) in [6.45, 7) is 11.4. The molecule has 0 radical (unpaired) electrons. The number of likely N-dealkylation sites (tertiary alicyclic amines) is 1. The van der Waals surface area contributed by atoms with Crippen molar-refractivity contribution in [2.75, 3.05) is 44.8 Å². The molecular weight excluding hydrogens is 636 g/mol. The van der Waals surface area contributed by atoms with Gasteiger partial charge in [0.1, 0.15) is 18.3 Å². The molecular formula is C32H44F3N6O5P. The van der Waals surface area contributed by atoms with E-state index in [9.17, 15) is 32.4 Å². The van der Waals surface area contributed by atoms with Crippen molar-refractivity contribution >= 4 is 41.4 Å². The van der Waals surface area contributed by atoms with Gasteiger partial charge in [0.2, 0.25) is 5.95 Å². The lowest BCUT2D eigenvalue weighted by molar-refractivity contribution is -0.137. The van der Waals surface area contributed by atoms with Gasteiger partial charge in [0.05, 0.1) is 16.8 Å². The van der Waals surface area contributed by atoms with Crippen molar-refractivity contribution in [3.63, 3.8) is 0 Å². The maximum Gasteiger partial charge on any atom is 0.419 e. The number of alkyl carbamates (subject to hydrolysis) is 1. The number of nitrogens with zero attached hydrogens (tertiary/aromatic N) is 3. The number of hydrogen-bond acceptors (Lipinski definition) is 8. The number of aromatic carboxylic acids is 1. The molecule has 11 nitrogen and oxygen atoms in total. The zero-order valence-electron chi connectivity index (χ0n) is 27.5. The minimum atomic E-state index is -4.75. The number of H-pyrrole nitrogens is 1. The maximum atomic E-state index is 14.2. The second-order valence-electron chi connectivity index (χ2n) is 13.3. The van der Waals surface area contributed by atoms with Crippen molar-refractivity contribution in [1.29, 1.82) is 0 Å². The molecule has 1 fully saturated rings. The Kier molecular flexibility index (Phi) is 11.3. The molecule has 1 aliphatic rings. The summed E-state index contributed by atoms with van der Waals surface area (Å²) in [5, 5.41) is 16.0. The number of ether oxygens (including phenoxy) is 1. The van der Waals surface area contributed by atoms with Crippen LogP contribution in [0.4, 0.5) is 23.9 Å². The van der Waals surface area contributed by atoms with Gasteiger partial charge in [-0.3, -0.25) is 0 Å². The van der Waals surface area contributed by atoms with Crippen molar-refractivity contribution < 1.29 is 37.2 Å². The Labute approximate surface area is 272 Å². The first-order valence-corrected chi connectivity index (χ1v) is 18.4. The average Bonchev–Trinajstić information content (AvgIpc) is 3.38. The number of aromatic nitrogens is 3. The van der Waals surface area contributed by atoms with Gasteiger partial charge in [-0.2, -0.15) is 13.2 Å². The lowest BCUT2D eigenvalue weighted by Gasteiger charge is -2.33. The number of nitrogens with one attached hydrogen (secondary N) is 3. The third kappa shape index (κ3) is 9.70. The maximum absolute atomic E-state index is 14.2. The first-order chi connectivity index (χ1) is 21.9. The van der Waals surface area contributed by atoms with Crippen LogP contribution in [0.3, 0.4) is 0 Å². The Hall–Kier alpha value is -3.64. The van der Waals surface area contributed by atoms with E-state index < -0.39 is 36.5 Å². The van der Waals surface area contributed by atoms with Crippen molar-refractivity contribution in [2.45, 2.75) is 77.1 Å². The van der Waals surface area contributed by atoms with E-state index in [1.165, 1.54) is 31.7 Å². The van der Waals surface area contributed by atoms with Gasteiger partial charge in [0.15, 0.2) is 0 Å². The van der Waals surface area contributed by atoms with Gasteiger partial charge in [-0.1, -0.05) is 18.9 Å². The Morgan fingerprint density at radius 3 is 2.53 bits per heavy atom. The summed E-state index contributed by atoms with van der Waals surface area (Å²) in [5.41, 5.74) is -1.77. The minimum absolute atomic E-state index is 0.0609. The molecule has 258 valence electrons. The van der Waals surface area contributed by atoms with E-state index >= 15 is 0 Å².